The molecular weight excluding hydrogens is 254 g/mol. The van der Waals surface area contributed by atoms with Crippen molar-refractivity contribution in [3.05, 3.63) is 29.8 Å². The topological polar surface area (TPSA) is 58.6 Å². The van der Waals surface area contributed by atoms with Gasteiger partial charge in [0.15, 0.2) is 0 Å². The van der Waals surface area contributed by atoms with Crippen LogP contribution in [0.25, 0.3) is 0 Å². The molecule has 1 rings (SSSR count). The highest BCUT2D eigenvalue weighted by molar-refractivity contribution is 5.75. The standard InChI is InChI=1S/C16H25NO3/c1-13(2)14-6-8-15(9-7-14)20-12-3-5-16(19)17-10-4-11-18/h6-9,13,18H,3-5,10-12H2,1-2H3,(H,17,19). The molecular formula is C16H25NO3. The van der Waals surface area contributed by atoms with E-state index in [2.05, 4.69) is 31.3 Å². The van der Waals surface area contributed by atoms with E-state index in [1.807, 2.05) is 12.1 Å². The molecule has 20 heavy (non-hydrogen) atoms. The van der Waals surface area contributed by atoms with Crippen LogP contribution in [0, 0.1) is 0 Å². The van der Waals surface area contributed by atoms with Gasteiger partial charge in [-0.2, -0.15) is 0 Å². The number of aliphatic hydroxyl groups is 1. The van der Waals surface area contributed by atoms with Crippen LogP contribution in [0.3, 0.4) is 0 Å². The molecule has 1 aromatic rings. The molecule has 2 N–H and O–H groups in total. The fourth-order valence-corrected chi connectivity index (χ4v) is 1.77. The van der Waals surface area contributed by atoms with Crippen LogP contribution in [0.15, 0.2) is 24.3 Å². The van der Waals surface area contributed by atoms with Gasteiger partial charge in [-0.25, -0.2) is 0 Å². The van der Waals surface area contributed by atoms with Gasteiger partial charge in [0.1, 0.15) is 5.75 Å². The van der Waals surface area contributed by atoms with Crippen molar-refractivity contribution >= 4 is 5.91 Å². The van der Waals surface area contributed by atoms with Gasteiger partial charge in [-0.3, -0.25) is 4.79 Å². The minimum Gasteiger partial charge on any atom is -0.494 e. The molecule has 0 aliphatic carbocycles. The van der Waals surface area contributed by atoms with Gasteiger partial charge in [-0.15, -0.1) is 0 Å². The third-order valence-corrected chi connectivity index (χ3v) is 3.02. The number of rotatable bonds is 9. The van der Waals surface area contributed by atoms with Crippen LogP contribution in [0.1, 0.15) is 44.6 Å². The van der Waals surface area contributed by atoms with Gasteiger partial charge < -0.3 is 15.2 Å². The lowest BCUT2D eigenvalue weighted by Crippen LogP contribution is -2.25. The number of ether oxygens (including phenoxy) is 1. The Hall–Kier alpha value is -1.55. The van der Waals surface area contributed by atoms with Crippen molar-refractivity contribution in [1.82, 2.24) is 5.32 Å². The minimum atomic E-state index is 0.0113. The average Bonchev–Trinajstić information content (AvgIpc) is 2.44. The van der Waals surface area contributed by atoms with Crippen molar-refractivity contribution in [2.45, 2.75) is 39.0 Å². The van der Waals surface area contributed by atoms with E-state index in [4.69, 9.17) is 9.84 Å². The Morgan fingerprint density at radius 3 is 2.55 bits per heavy atom. The maximum atomic E-state index is 11.4. The van der Waals surface area contributed by atoms with E-state index < -0.39 is 0 Å². The van der Waals surface area contributed by atoms with E-state index in [0.717, 1.165) is 5.75 Å². The summed E-state index contributed by atoms with van der Waals surface area (Å²) >= 11 is 0. The average molecular weight is 279 g/mol. The Morgan fingerprint density at radius 1 is 1.25 bits per heavy atom. The van der Waals surface area contributed by atoms with Crippen LogP contribution in [0.4, 0.5) is 0 Å². The fourth-order valence-electron chi connectivity index (χ4n) is 1.77. The molecule has 0 spiro atoms. The molecule has 0 heterocycles. The first kappa shape index (κ1) is 16.5. The van der Waals surface area contributed by atoms with E-state index in [-0.39, 0.29) is 12.5 Å². The first-order chi connectivity index (χ1) is 9.63. The van der Waals surface area contributed by atoms with Crippen molar-refractivity contribution in [3.8, 4) is 5.75 Å². The predicted octanol–water partition coefficient (Wildman–Crippen LogP) is 2.47. The van der Waals surface area contributed by atoms with Gasteiger partial charge in [-0.1, -0.05) is 26.0 Å². The Labute approximate surface area is 121 Å². The van der Waals surface area contributed by atoms with E-state index in [9.17, 15) is 4.79 Å². The summed E-state index contributed by atoms with van der Waals surface area (Å²) in [6.45, 7) is 5.49. The van der Waals surface area contributed by atoms with Crippen LogP contribution >= 0.6 is 0 Å². The van der Waals surface area contributed by atoms with Crippen LogP contribution in [0.5, 0.6) is 5.75 Å². The highest BCUT2D eigenvalue weighted by Crippen LogP contribution is 2.18. The molecule has 112 valence electrons. The normalized spacial score (nSPS) is 10.6. The van der Waals surface area contributed by atoms with E-state index in [0.29, 0.717) is 38.3 Å². The van der Waals surface area contributed by atoms with Crippen LogP contribution < -0.4 is 10.1 Å². The molecule has 0 saturated carbocycles. The second kappa shape index (κ2) is 9.37. The van der Waals surface area contributed by atoms with Gasteiger partial charge in [0.2, 0.25) is 5.91 Å². The first-order valence-electron chi connectivity index (χ1n) is 7.24. The zero-order valence-electron chi connectivity index (χ0n) is 12.4. The number of hydrogen-bond acceptors (Lipinski definition) is 3. The number of aliphatic hydroxyl groups excluding tert-OH is 1. The highest BCUT2D eigenvalue weighted by Gasteiger charge is 2.02. The summed E-state index contributed by atoms with van der Waals surface area (Å²) in [4.78, 5) is 11.4. The molecule has 4 nitrogen and oxygen atoms in total. The SMILES string of the molecule is CC(C)c1ccc(OCCCC(=O)NCCCO)cc1. The third kappa shape index (κ3) is 6.57. The summed E-state index contributed by atoms with van der Waals surface area (Å²) in [5.41, 5.74) is 1.29. The van der Waals surface area contributed by atoms with Gasteiger partial charge in [0, 0.05) is 19.6 Å². The van der Waals surface area contributed by atoms with Crippen LogP contribution in [0.2, 0.25) is 0 Å². The van der Waals surface area contributed by atoms with Gasteiger partial charge >= 0.3 is 0 Å². The molecule has 1 aromatic carbocycles. The summed E-state index contributed by atoms with van der Waals surface area (Å²) < 4.78 is 5.60. The summed E-state index contributed by atoms with van der Waals surface area (Å²) in [6.07, 6.45) is 1.75. The molecule has 0 bridgehead atoms. The summed E-state index contributed by atoms with van der Waals surface area (Å²) in [5, 5.41) is 11.3. The van der Waals surface area contributed by atoms with Crippen molar-refractivity contribution in [1.29, 1.82) is 0 Å². The van der Waals surface area contributed by atoms with Gasteiger partial charge in [-0.05, 0) is 36.5 Å². The number of carbonyl (C=O) groups excluding carboxylic acids is 1. The van der Waals surface area contributed by atoms with Crippen molar-refractivity contribution < 1.29 is 14.6 Å². The number of hydrogen-bond donors (Lipinski definition) is 2. The van der Waals surface area contributed by atoms with E-state index in [1.165, 1.54) is 5.56 Å². The summed E-state index contributed by atoms with van der Waals surface area (Å²) in [7, 11) is 0. The molecule has 0 saturated heterocycles. The lowest BCUT2D eigenvalue weighted by Gasteiger charge is -2.09. The smallest absolute Gasteiger partial charge is 0.220 e. The molecule has 0 fully saturated rings. The molecule has 0 aliphatic heterocycles. The summed E-state index contributed by atoms with van der Waals surface area (Å²) in [6, 6.07) is 8.08. The molecule has 1 amide bonds. The predicted molar refractivity (Wildman–Crippen MR) is 80.0 cm³/mol. The largest absolute Gasteiger partial charge is 0.494 e. The molecule has 0 unspecified atom stereocenters. The Kier molecular flexibility index (Phi) is 7.73. The second-order valence-electron chi connectivity index (χ2n) is 5.10. The maximum absolute atomic E-state index is 11.4. The zero-order valence-corrected chi connectivity index (χ0v) is 12.4. The maximum Gasteiger partial charge on any atom is 0.220 e. The molecule has 0 aliphatic rings. The lowest BCUT2D eigenvalue weighted by molar-refractivity contribution is -0.121. The first-order valence-corrected chi connectivity index (χ1v) is 7.24. The Balaban J connectivity index is 2.16. The molecule has 0 aromatic heterocycles. The number of benzene rings is 1. The van der Waals surface area contributed by atoms with Crippen LogP contribution in [-0.2, 0) is 4.79 Å². The van der Waals surface area contributed by atoms with Crippen molar-refractivity contribution in [2.75, 3.05) is 19.8 Å². The van der Waals surface area contributed by atoms with E-state index >= 15 is 0 Å². The van der Waals surface area contributed by atoms with Gasteiger partial charge in [0.05, 0.1) is 6.61 Å². The summed E-state index contributed by atoms with van der Waals surface area (Å²) in [5.74, 6) is 1.37. The lowest BCUT2D eigenvalue weighted by atomic mass is 10.0. The van der Waals surface area contributed by atoms with Crippen molar-refractivity contribution in [2.24, 2.45) is 0 Å². The highest BCUT2D eigenvalue weighted by atomic mass is 16.5. The Morgan fingerprint density at radius 2 is 1.95 bits per heavy atom. The molecule has 4 heteroatoms. The second-order valence-corrected chi connectivity index (χ2v) is 5.10. The number of nitrogens with one attached hydrogen (secondary N) is 1. The zero-order chi connectivity index (χ0) is 14.8. The molecule has 0 radical (unpaired) electrons. The van der Waals surface area contributed by atoms with Crippen molar-refractivity contribution in [3.63, 3.8) is 0 Å². The Bertz CT molecular complexity index is 387. The quantitative estimate of drug-likeness (QED) is 0.683. The minimum absolute atomic E-state index is 0.0113. The van der Waals surface area contributed by atoms with Crippen LogP contribution in [-0.4, -0.2) is 30.8 Å². The fraction of sp³-hybridized carbons (Fsp3) is 0.562. The number of carbonyl (C=O) groups is 1. The number of amides is 1. The van der Waals surface area contributed by atoms with Gasteiger partial charge in [0.25, 0.3) is 0 Å². The van der Waals surface area contributed by atoms with E-state index in [1.54, 1.807) is 0 Å². The monoisotopic (exact) mass is 279 g/mol. The molecule has 0 atom stereocenters. The third-order valence-electron chi connectivity index (χ3n) is 3.02.